The van der Waals surface area contributed by atoms with Crippen LogP contribution in [0.3, 0.4) is 0 Å². The molecule has 0 bridgehead atoms. The van der Waals surface area contributed by atoms with Crippen LogP contribution in [0.25, 0.3) is 0 Å². The average molecular weight is 181 g/mol. The third-order valence-corrected chi connectivity index (χ3v) is 2.07. The number of aryl methyl sites for hydroxylation is 1. The van der Waals surface area contributed by atoms with Gasteiger partial charge in [-0.05, 0) is 30.5 Å². The fourth-order valence-electron chi connectivity index (χ4n) is 1.28. The zero-order chi connectivity index (χ0) is 10.0. The van der Waals surface area contributed by atoms with Gasteiger partial charge in [0.1, 0.15) is 11.5 Å². The molecule has 0 saturated carbocycles. The van der Waals surface area contributed by atoms with Crippen LogP contribution in [0.5, 0.6) is 11.5 Å². The number of rotatable bonds is 2. The number of hydrogen-bond donors (Lipinski definition) is 2. The standard InChI is InChI=1S/C10H15NO2/c1-6(2)8-5-10(13-11)7(3)4-9(8)12/h4-6,12H,11H2,1-3H3. The van der Waals surface area contributed by atoms with E-state index in [4.69, 9.17) is 5.90 Å². The van der Waals surface area contributed by atoms with Crippen molar-refractivity contribution in [3.63, 3.8) is 0 Å². The van der Waals surface area contributed by atoms with Gasteiger partial charge in [-0.15, -0.1) is 0 Å². The van der Waals surface area contributed by atoms with Crippen LogP contribution in [-0.2, 0) is 0 Å². The molecular formula is C10H15NO2. The minimum Gasteiger partial charge on any atom is -0.508 e. The Labute approximate surface area is 78.1 Å². The van der Waals surface area contributed by atoms with E-state index >= 15 is 0 Å². The van der Waals surface area contributed by atoms with Gasteiger partial charge in [0, 0.05) is 5.56 Å². The highest BCUT2D eigenvalue weighted by atomic mass is 16.6. The van der Waals surface area contributed by atoms with Crippen LogP contribution in [0, 0.1) is 6.92 Å². The molecule has 1 rings (SSSR count). The van der Waals surface area contributed by atoms with Crippen LogP contribution in [0.2, 0.25) is 0 Å². The molecule has 3 heteroatoms. The quantitative estimate of drug-likeness (QED) is 0.687. The molecule has 1 aromatic rings. The highest BCUT2D eigenvalue weighted by Crippen LogP contribution is 2.31. The fraction of sp³-hybridized carbons (Fsp3) is 0.400. The minimum absolute atomic E-state index is 0.259. The smallest absolute Gasteiger partial charge is 0.150 e. The van der Waals surface area contributed by atoms with Crippen LogP contribution >= 0.6 is 0 Å². The Balaban J connectivity index is 3.22. The van der Waals surface area contributed by atoms with Gasteiger partial charge in [-0.2, -0.15) is 5.90 Å². The maximum Gasteiger partial charge on any atom is 0.150 e. The summed E-state index contributed by atoms with van der Waals surface area (Å²) in [5.41, 5.74) is 1.69. The molecule has 0 heterocycles. The molecule has 1 aromatic carbocycles. The average Bonchev–Trinajstić information content (AvgIpc) is 2.03. The molecular weight excluding hydrogens is 166 g/mol. The molecule has 0 radical (unpaired) electrons. The minimum atomic E-state index is 0.259. The summed E-state index contributed by atoms with van der Waals surface area (Å²) in [6, 6.07) is 3.44. The lowest BCUT2D eigenvalue weighted by molar-refractivity contribution is 0.330. The van der Waals surface area contributed by atoms with Gasteiger partial charge in [0.2, 0.25) is 0 Å². The van der Waals surface area contributed by atoms with Crippen molar-refractivity contribution in [3.05, 3.63) is 23.3 Å². The summed E-state index contributed by atoms with van der Waals surface area (Å²) in [5, 5.41) is 9.59. The maximum absolute atomic E-state index is 9.59. The Morgan fingerprint density at radius 1 is 1.38 bits per heavy atom. The van der Waals surface area contributed by atoms with E-state index in [2.05, 4.69) is 4.84 Å². The van der Waals surface area contributed by atoms with Crippen molar-refractivity contribution >= 4 is 0 Å². The molecule has 0 atom stereocenters. The van der Waals surface area contributed by atoms with Gasteiger partial charge in [-0.25, -0.2) is 0 Å². The topological polar surface area (TPSA) is 55.5 Å². The van der Waals surface area contributed by atoms with Gasteiger partial charge < -0.3 is 9.94 Å². The summed E-state index contributed by atoms with van der Waals surface area (Å²) < 4.78 is 0. The second kappa shape index (κ2) is 3.66. The van der Waals surface area contributed by atoms with Crippen LogP contribution < -0.4 is 10.7 Å². The molecule has 0 aliphatic rings. The maximum atomic E-state index is 9.59. The Bertz CT molecular complexity index is 308. The molecule has 0 amide bonds. The molecule has 3 N–H and O–H groups in total. The summed E-state index contributed by atoms with van der Waals surface area (Å²) in [6.45, 7) is 5.85. The summed E-state index contributed by atoms with van der Waals surface area (Å²) >= 11 is 0. The first-order valence-corrected chi connectivity index (χ1v) is 4.26. The summed E-state index contributed by atoms with van der Waals surface area (Å²) in [6.07, 6.45) is 0. The second-order valence-corrected chi connectivity index (χ2v) is 3.45. The van der Waals surface area contributed by atoms with Gasteiger partial charge in [0.15, 0.2) is 0 Å². The van der Waals surface area contributed by atoms with E-state index < -0.39 is 0 Å². The Morgan fingerprint density at radius 2 is 2.00 bits per heavy atom. The van der Waals surface area contributed by atoms with E-state index in [1.807, 2.05) is 20.8 Å². The fourth-order valence-corrected chi connectivity index (χ4v) is 1.28. The lowest BCUT2D eigenvalue weighted by Crippen LogP contribution is -2.04. The second-order valence-electron chi connectivity index (χ2n) is 3.45. The molecule has 3 nitrogen and oxygen atoms in total. The first-order chi connectivity index (χ1) is 6.06. The van der Waals surface area contributed by atoms with Crippen molar-refractivity contribution in [3.8, 4) is 11.5 Å². The van der Waals surface area contributed by atoms with E-state index in [1.54, 1.807) is 12.1 Å². The predicted molar refractivity (Wildman–Crippen MR) is 51.7 cm³/mol. The van der Waals surface area contributed by atoms with E-state index in [0.29, 0.717) is 11.5 Å². The number of nitrogens with two attached hydrogens (primary N) is 1. The lowest BCUT2D eigenvalue weighted by Gasteiger charge is -2.11. The molecule has 0 fully saturated rings. The SMILES string of the molecule is Cc1cc(O)c(C(C)C)cc1ON. The summed E-state index contributed by atoms with van der Waals surface area (Å²) in [5.74, 6) is 6.26. The number of aromatic hydroxyl groups is 1. The number of hydrogen-bond acceptors (Lipinski definition) is 3. The van der Waals surface area contributed by atoms with Gasteiger partial charge in [0.25, 0.3) is 0 Å². The predicted octanol–water partition coefficient (Wildman–Crippen LogP) is 2.08. The summed E-state index contributed by atoms with van der Waals surface area (Å²) in [4.78, 5) is 4.68. The first-order valence-electron chi connectivity index (χ1n) is 4.26. The monoisotopic (exact) mass is 181 g/mol. The number of benzene rings is 1. The normalized spacial score (nSPS) is 10.5. The van der Waals surface area contributed by atoms with Crippen molar-refractivity contribution in [2.24, 2.45) is 5.90 Å². The van der Waals surface area contributed by atoms with Crippen molar-refractivity contribution in [2.75, 3.05) is 0 Å². The molecule has 13 heavy (non-hydrogen) atoms. The van der Waals surface area contributed by atoms with Gasteiger partial charge in [-0.1, -0.05) is 13.8 Å². The largest absolute Gasteiger partial charge is 0.508 e. The van der Waals surface area contributed by atoms with Gasteiger partial charge in [0.05, 0.1) is 0 Å². The van der Waals surface area contributed by atoms with Gasteiger partial charge in [-0.3, -0.25) is 0 Å². The number of phenolic OH excluding ortho intramolecular Hbond substituents is 1. The zero-order valence-electron chi connectivity index (χ0n) is 8.16. The molecule has 0 saturated heterocycles. The molecule has 0 spiro atoms. The zero-order valence-corrected chi connectivity index (χ0v) is 8.16. The highest BCUT2D eigenvalue weighted by Gasteiger charge is 2.09. The Hall–Kier alpha value is -1.22. The van der Waals surface area contributed by atoms with E-state index in [0.717, 1.165) is 11.1 Å². The van der Waals surface area contributed by atoms with Crippen molar-refractivity contribution in [1.29, 1.82) is 0 Å². The Morgan fingerprint density at radius 3 is 2.46 bits per heavy atom. The van der Waals surface area contributed by atoms with Crippen LogP contribution in [0.4, 0.5) is 0 Å². The van der Waals surface area contributed by atoms with Crippen LogP contribution in [0.15, 0.2) is 12.1 Å². The van der Waals surface area contributed by atoms with E-state index in [9.17, 15) is 5.11 Å². The van der Waals surface area contributed by atoms with Crippen LogP contribution in [0.1, 0.15) is 30.9 Å². The van der Waals surface area contributed by atoms with Crippen molar-refractivity contribution in [2.45, 2.75) is 26.7 Å². The lowest BCUT2D eigenvalue weighted by atomic mass is 10.00. The highest BCUT2D eigenvalue weighted by molar-refractivity contribution is 5.46. The van der Waals surface area contributed by atoms with Gasteiger partial charge >= 0.3 is 0 Å². The van der Waals surface area contributed by atoms with E-state index in [1.165, 1.54) is 0 Å². The molecule has 0 aliphatic heterocycles. The third-order valence-electron chi connectivity index (χ3n) is 2.07. The Kier molecular flexibility index (Phi) is 2.78. The summed E-state index contributed by atoms with van der Waals surface area (Å²) in [7, 11) is 0. The molecule has 72 valence electrons. The van der Waals surface area contributed by atoms with Crippen LogP contribution in [-0.4, -0.2) is 5.11 Å². The first kappa shape index (κ1) is 9.86. The number of phenols is 1. The molecule has 0 unspecified atom stereocenters. The molecule has 0 aliphatic carbocycles. The van der Waals surface area contributed by atoms with Crippen molar-refractivity contribution in [1.82, 2.24) is 0 Å². The van der Waals surface area contributed by atoms with E-state index in [-0.39, 0.29) is 5.92 Å². The third kappa shape index (κ3) is 1.92. The molecule has 0 aromatic heterocycles. The van der Waals surface area contributed by atoms with Crippen molar-refractivity contribution < 1.29 is 9.94 Å².